The maximum atomic E-state index is 12.5. The Bertz CT molecular complexity index is 916. The Balaban J connectivity index is 1.62. The van der Waals surface area contributed by atoms with Gasteiger partial charge in [-0.05, 0) is 38.0 Å². The molecule has 0 aliphatic heterocycles. The van der Waals surface area contributed by atoms with Crippen molar-refractivity contribution in [2.24, 2.45) is 0 Å². The quantitative estimate of drug-likeness (QED) is 0.670. The molecule has 8 heteroatoms. The van der Waals surface area contributed by atoms with Crippen LogP contribution in [-0.2, 0) is 13.2 Å². The molecule has 3 aromatic rings. The maximum Gasteiger partial charge on any atom is 0.276 e. The van der Waals surface area contributed by atoms with Gasteiger partial charge < -0.3 is 14.2 Å². The van der Waals surface area contributed by atoms with Crippen molar-refractivity contribution >= 4 is 5.91 Å². The van der Waals surface area contributed by atoms with Crippen LogP contribution >= 0.6 is 0 Å². The van der Waals surface area contributed by atoms with Crippen molar-refractivity contribution in [3.05, 3.63) is 58.2 Å². The average Bonchev–Trinajstić information content (AvgIpc) is 3.24. The molecule has 0 radical (unpaired) electrons. The molecule has 0 fully saturated rings. The van der Waals surface area contributed by atoms with Crippen LogP contribution in [0.15, 0.2) is 33.4 Å². The molecule has 26 heavy (non-hydrogen) atoms. The summed E-state index contributed by atoms with van der Waals surface area (Å²) in [4.78, 5) is 13.9. The van der Waals surface area contributed by atoms with E-state index < -0.39 is 0 Å². The van der Waals surface area contributed by atoms with Gasteiger partial charge in [0.25, 0.3) is 5.91 Å². The van der Waals surface area contributed by atoms with E-state index in [-0.39, 0.29) is 24.8 Å². The van der Waals surface area contributed by atoms with Crippen LogP contribution in [0.5, 0.6) is 5.75 Å². The molecule has 2 aromatic heterocycles. The smallest absolute Gasteiger partial charge is 0.276 e. The lowest BCUT2D eigenvalue weighted by atomic mass is 10.1. The van der Waals surface area contributed by atoms with E-state index in [0.29, 0.717) is 17.1 Å². The molecule has 0 N–H and O–H groups in total. The molecule has 1 amide bonds. The van der Waals surface area contributed by atoms with Crippen molar-refractivity contribution < 1.29 is 18.7 Å². The number of nitrogens with zero attached hydrogens (tertiary/aromatic N) is 4. The third-order valence-electron chi connectivity index (χ3n) is 3.97. The van der Waals surface area contributed by atoms with Crippen molar-refractivity contribution in [1.82, 2.24) is 20.4 Å². The first-order valence-electron chi connectivity index (χ1n) is 8.13. The molecule has 0 aliphatic carbocycles. The molecule has 0 spiro atoms. The fourth-order valence-electron chi connectivity index (χ4n) is 2.38. The first kappa shape index (κ1) is 17.7. The summed E-state index contributed by atoms with van der Waals surface area (Å²) in [5.74, 6) is 0.969. The average molecular weight is 356 g/mol. The lowest BCUT2D eigenvalue weighted by Crippen LogP contribution is -2.26. The van der Waals surface area contributed by atoms with E-state index >= 15 is 0 Å². The molecule has 0 bridgehead atoms. The predicted molar refractivity (Wildman–Crippen MR) is 91.6 cm³/mol. The standard InChI is InChI=1S/C18H20N4O4/c1-11-5-6-12(2)17(7-11)24-10-14-8-15(20-25-14)18(23)22(4)9-16-13(3)19-26-21-16/h5-8H,9-10H2,1-4H3. The summed E-state index contributed by atoms with van der Waals surface area (Å²) >= 11 is 0. The molecule has 8 nitrogen and oxygen atoms in total. The number of hydrogen-bond acceptors (Lipinski definition) is 7. The van der Waals surface area contributed by atoms with Gasteiger partial charge in [-0.3, -0.25) is 4.79 Å². The second-order valence-electron chi connectivity index (χ2n) is 6.19. The van der Waals surface area contributed by atoms with Crippen LogP contribution in [-0.4, -0.2) is 33.3 Å². The Morgan fingerprint density at radius 3 is 2.69 bits per heavy atom. The summed E-state index contributed by atoms with van der Waals surface area (Å²) in [6, 6.07) is 7.56. The van der Waals surface area contributed by atoms with Crippen LogP contribution in [0.4, 0.5) is 0 Å². The van der Waals surface area contributed by atoms with Crippen LogP contribution in [0.1, 0.15) is 38.8 Å². The molecular formula is C18H20N4O4. The Hall–Kier alpha value is -3.16. The second kappa shape index (κ2) is 7.38. The van der Waals surface area contributed by atoms with Gasteiger partial charge in [0.05, 0.1) is 6.54 Å². The van der Waals surface area contributed by atoms with Crippen LogP contribution in [0.3, 0.4) is 0 Å². The third-order valence-corrected chi connectivity index (χ3v) is 3.97. The Morgan fingerprint density at radius 2 is 1.96 bits per heavy atom. The Morgan fingerprint density at radius 1 is 1.15 bits per heavy atom. The molecule has 3 rings (SSSR count). The van der Waals surface area contributed by atoms with Gasteiger partial charge in [-0.2, -0.15) is 0 Å². The molecule has 136 valence electrons. The SMILES string of the molecule is Cc1ccc(C)c(OCc2cc(C(=O)N(C)Cc3nonc3C)no2)c1. The zero-order chi connectivity index (χ0) is 18.7. The van der Waals surface area contributed by atoms with E-state index in [4.69, 9.17) is 9.26 Å². The van der Waals surface area contributed by atoms with Crippen LogP contribution in [0.25, 0.3) is 0 Å². The van der Waals surface area contributed by atoms with Crippen molar-refractivity contribution in [2.75, 3.05) is 7.05 Å². The summed E-state index contributed by atoms with van der Waals surface area (Å²) < 4.78 is 15.6. The van der Waals surface area contributed by atoms with Crippen molar-refractivity contribution in [3.8, 4) is 5.75 Å². The molecule has 0 aliphatic rings. The highest BCUT2D eigenvalue weighted by Gasteiger charge is 2.19. The summed E-state index contributed by atoms with van der Waals surface area (Å²) in [6.45, 7) is 6.21. The fourth-order valence-corrected chi connectivity index (χ4v) is 2.38. The van der Waals surface area contributed by atoms with E-state index in [9.17, 15) is 4.79 Å². The van der Waals surface area contributed by atoms with E-state index in [1.54, 1.807) is 20.0 Å². The molecular weight excluding hydrogens is 336 g/mol. The number of aromatic nitrogens is 3. The van der Waals surface area contributed by atoms with Crippen LogP contribution in [0.2, 0.25) is 0 Å². The van der Waals surface area contributed by atoms with Gasteiger partial charge in [-0.15, -0.1) is 0 Å². The van der Waals surface area contributed by atoms with E-state index in [2.05, 4.69) is 20.1 Å². The summed E-state index contributed by atoms with van der Waals surface area (Å²) in [5.41, 5.74) is 3.59. The highest BCUT2D eigenvalue weighted by atomic mass is 16.6. The monoisotopic (exact) mass is 356 g/mol. The number of amides is 1. The lowest BCUT2D eigenvalue weighted by Gasteiger charge is -2.13. The number of carbonyl (C=O) groups excluding carboxylic acids is 1. The van der Waals surface area contributed by atoms with Gasteiger partial charge in [0.15, 0.2) is 11.5 Å². The largest absolute Gasteiger partial charge is 0.485 e. The highest BCUT2D eigenvalue weighted by Crippen LogP contribution is 2.20. The van der Waals surface area contributed by atoms with Gasteiger partial charge in [0, 0.05) is 13.1 Å². The third kappa shape index (κ3) is 3.90. The first-order valence-corrected chi connectivity index (χ1v) is 8.13. The number of benzene rings is 1. The number of ether oxygens (including phenoxy) is 1. The van der Waals surface area contributed by atoms with Crippen LogP contribution < -0.4 is 4.74 Å². The number of carbonyl (C=O) groups is 1. The number of hydrogen-bond donors (Lipinski definition) is 0. The molecule has 0 saturated carbocycles. The van der Waals surface area contributed by atoms with Crippen molar-refractivity contribution in [2.45, 2.75) is 33.9 Å². The van der Waals surface area contributed by atoms with Gasteiger partial charge in [0.2, 0.25) is 0 Å². The van der Waals surface area contributed by atoms with Crippen LogP contribution in [0, 0.1) is 20.8 Å². The molecule has 1 aromatic carbocycles. The van der Waals surface area contributed by atoms with Gasteiger partial charge in [-0.25, -0.2) is 4.63 Å². The van der Waals surface area contributed by atoms with E-state index in [1.807, 2.05) is 32.0 Å². The van der Waals surface area contributed by atoms with Gasteiger partial charge in [-0.1, -0.05) is 27.6 Å². The Labute approximate surface area is 150 Å². The minimum absolute atomic E-state index is 0.195. The number of aryl methyl sites for hydroxylation is 3. The highest BCUT2D eigenvalue weighted by molar-refractivity contribution is 5.92. The second-order valence-corrected chi connectivity index (χ2v) is 6.19. The maximum absolute atomic E-state index is 12.5. The van der Waals surface area contributed by atoms with Crippen molar-refractivity contribution in [3.63, 3.8) is 0 Å². The summed E-state index contributed by atoms with van der Waals surface area (Å²) in [5, 5.41) is 11.3. The minimum atomic E-state index is -0.283. The molecule has 0 saturated heterocycles. The Kier molecular flexibility index (Phi) is 5.01. The molecule has 0 unspecified atom stereocenters. The zero-order valence-electron chi connectivity index (χ0n) is 15.1. The fraction of sp³-hybridized carbons (Fsp3) is 0.333. The number of rotatable bonds is 6. The molecule has 0 atom stereocenters. The predicted octanol–water partition coefficient (Wildman–Crippen LogP) is 2.83. The zero-order valence-corrected chi connectivity index (χ0v) is 15.1. The van der Waals surface area contributed by atoms with Gasteiger partial charge in [0.1, 0.15) is 23.7 Å². The topological polar surface area (TPSA) is 94.5 Å². The first-order chi connectivity index (χ1) is 12.4. The van der Waals surface area contributed by atoms with E-state index in [1.165, 1.54) is 4.90 Å². The minimum Gasteiger partial charge on any atom is -0.485 e. The molecule has 2 heterocycles. The van der Waals surface area contributed by atoms with E-state index in [0.717, 1.165) is 16.9 Å². The normalized spacial score (nSPS) is 10.8. The van der Waals surface area contributed by atoms with Gasteiger partial charge >= 0.3 is 0 Å². The summed E-state index contributed by atoms with van der Waals surface area (Å²) in [6.07, 6.45) is 0. The van der Waals surface area contributed by atoms with Crippen molar-refractivity contribution in [1.29, 1.82) is 0 Å². The lowest BCUT2D eigenvalue weighted by molar-refractivity contribution is 0.0771. The summed E-state index contributed by atoms with van der Waals surface area (Å²) in [7, 11) is 1.65.